The van der Waals surface area contributed by atoms with E-state index in [9.17, 15) is 18.0 Å². The van der Waals surface area contributed by atoms with Crippen LogP contribution in [0.1, 0.15) is 53.1 Å². The highest BCUT2D eigenvalue weighted by Crippen LogP contribution is 2.40. The number of benzene rings is 2. The lowest BCUT2D eigenvalue weighted by atomic mass is 9.78. The largest absolute Gasteiger partial charge is 0.416 e. The van der Waals surface area contributed by atoms with Crippen LogP contribution < -0.4 is 5.32 Å². The third-order valence-electron chi connectivity index (χ3n) is 4.87. The van der Waals surface area contributed by atoms with Gasteiger partial charge in [-0.25, -0.2) is 0 Å². The van der Waals surface area contributed by atoms with Gasteiger partial charge in [0.1, 0.15) is 0 Å². The van der Waals surface area contributed by atoms with E-state index < -0.39 is 11.7 Å². The Bertz CT molecular complexity index is 791. The quantitative estimate of drug-likeness (QED) is 0.564. The first kappa shape index (κ1) is 19.2. The maximum atomic E-state index is 13.4. The number of hydrogen-bond acceptors (Lipinski definition) is 1. The molecule has 2 atom stereocenters. The van der Waals surface area contributed by atoms with Gasteiger partial charge in [-0.05, 0) is 59.2 Å². The zero-order chi connectivity index (χ0) is 18.7. The lowest BCUT2D eigenvalue weighted by molar-refractivity contribution is -0.138. The van der Waals surface area contributed by atoms with Crippen LogP contribution in [0, 0.1) is 3.57 Å². The van der Waals surface area contributed by atoms with E-state index in [0.29, 0.717) is 18.4 Å². The first-order chi connectivity index (χ1) is 12.4. The molecule has 6 heteroatoms. The van der Waals surface area contributed by atoms with Crippen molar-refractivity contribution in [3.63, 3.8) is 0 Å². The Kier molecular flexibility index (Phi) is 5.89. The van der Waals surface area contributed by atoms with Crippen LogP contribution in [0.3, 0.4) is 0 Å². The molecule has 1 aliphatic carbocycles. The van der Waals surface area contributed by atoms with E-state index in [4.69, 9.17) is 0 Å². The zero-order valence-electron chi connectivity index (χ0n) is 14.0. The first-order valence-electron chi connectivity index (χ1n) is 8.59. The van der Waals surface area contributed by atoms with E-state index in [-0.39, 0.29) is 23.4 Å². The molecule has 0 aliphatic heterocycles. The summed E-state index contributed by atoms with van der Waals surface area (Å²) in [4.78, 5) is 12.7. The van der Waals surface area contributed by atoms with Crippen molar-refractivity contribution in [2.24, 2.45) is 0 Å². The van der Waals surface area contributed by atoms with Crippen molar-refractivity contribution < 1.29 is 18.0 Å². The molecule has 0 radical (unpaired) electrons. The number of carbonyl (C=O) groups excluding carboxylic acids is 1. The van der Waals surface area contributed by atoms with Gasteiger partial charge in [-0.15, -0.1) is 0 Å². The third kappa shape index (κ3) is 4.22. The van der Waals surface area contributed by atoms with Gasteiger partial charge in [0.15, 0.2) is 0 Å². The van der Waals surface area contributed by atoms with Crippen LogP contribution in [0.5, 0.6) is 0 Å². The van der Waals surface area contributed by atoms with Crippen molar-refractivity contribution in [1.82, 2.24) is 5.32 Å². The molecule has 0 bridgehead atoms. The Morgan fingerprint density at radius 1 is 1.00 bits per heavy atom. The van der Waals surface area contributed by atoms with Crippen LogP contribution >= 0.6 is 22.6 Å². The molecule has 0 heterocycles. The predicted molar refractivity (Wildman–Crippen MR) is 103 cm³/mol. The molecular weight excluding hydrogens is 454 g/mol. The van der Waals surface area contributed by atoms with E-state index in [1.54, 1.807) is 24.3 Å². The standard InChI is InChI=1S/C20H19F3INO/c21-20(22,23)16-10-4-1-7-13(16)14-8-3-6-12-18(14)25-19(26)15-9-2-5-11-17(15)24/h1-2,4-5,7,9-11,14,18H,3,6,8,12H2,(H,25,26)/t14-,18-/m0/s1. The van der Waals surface area contributed by atoms with Crippen molar-refractivity contribution >= 4 is 28.5 Å². The van der Waals surface area contributed by atoms with Crippen molar-refractivity contribution in [3.05, 3.63) is 68.8 Å². The highest BCUT2D eigenvalue weighted by molar-refractivity contribution is 14.1. The topological polar surface area (TPSA) is 29.1 Å². The van der Waals surface area contributed by atoms with Crippen LogP contribution in [0.25, 0.3) is 0 Å². The number of amides is 1. The van der Waals surface area contributed by atoms with Gasteiger partial charge in [0, 0.05) is 15.5 Å². The molecule has 2 aromatic rings. The normalized spacial score (nSPS) is 20.6. The second-order valence-corrected chi connectivity index (χ2v) is 7.70. The minimum atomic E-state index is -4.39. The molecule has 2 nitrogen and oxygen atoms in total. The van der Waals surface area contributed by atoms with Gasteiger partial charge in [0.05, 0.1) is 11.1 Å². The molecule has 3 rings (SSSR count). The van der Waals surface area contributed by atoms with Gasteiger partial charge >= 0.3 is 6.18 Å². The fraction of sp³-hybridized carbons (Fsp3) is 0.350. The highest BCUT2D eigenvalue weighted by atomic mass is 127. The predicted octanol–water partition coefficient (Wildman–Crippen LogP) is 5.77. The summed E-state index contributed by atoms with van der Waals surface area (Å²) in [7, 11) is 0. The Balaban J connectivity index is 1.88. The van der Waals surface area contributed by atoms with Crippen LogP contribution in [0.4, 0.5) is 13.2 Å². The van der Waals surface area contributed by atoms with Crippen molar-refractivity contribution in [2.75, 3.05) is 0 Å². The van der Waals surface area contributed by atoms with Crippen molar-refractivity contribution in [1.29, 1.82) is 0 Å². The molecule has 0 unspecified atom stereocenters. The average molecular weight is 473 g/mol. The van der Waals surface area contributed by atoms with Gasteiger partial charge in [-0.1, -0.05) is 43.2 Å². The van der Waals surface area contributed by atoms with Crippen LogP contribution in [0.15, 0.2) is 48.5 Å². The minimum absolute atomic E-state index is 0.226. The van der Waals surface area contributed by atoms with Gasteiger partial charge in [-0.2, -0.15) is 13.2 Å². The van der Waals surface area contributed by atoms with E-state index in [1.807, 2.05) is 12.1 Å². The van der Waals surface area contributed by atoms with Gasteiger partial charge in [0.25, 0.3) is 5.91 Å². The summed E-state index contributed by atoms with van der Waals surface area (Å²) in [6, 6.07) is 12.6. The van der Waals surface area contributed by atoms with Crippen LogP contribution in [0.2, 0.25) is 0 Å². The maximum Gasteiger partial charge on any atom is 0.416 e. The summed E-state index contributed by atoms with van der Waals surface area (Å²) in [6.45, 7) is 0. The molecule has 2 aromatic carbocycles. The summed E-state index contributed by atoms with van der Waals surface area (Å²) < 4.78 is 41.1. The van der Waals surface area contributed by atoms with Crippen molar-refractivity contribution in [3.8, 4) is 0 Å². The monoisotopic (exact) mass is 473 g/mol. The molecule has 1 fully saturated rings. The Morgan fingerprint density at radius 2 is 1.65 bits per heavy atom. The molecule has 1 saturated carbocycles. The lowest BCUT2D eigenvalue weighted by Crippen LogP contribution is -2.41. The summed E-state index contributed by atoms with van der Waals surface area (Å²) in [6.07, 6.45) is -1.29. The summed E-state index contributed by atoms with van der Waals surface area (Å²) in [5.41, 5.74) is 0.245. The SMILES string of the molecule is O=C(N[C@H]1CCCC[C@H]1c1ccccc1C(F)(F)F)c1ccccc1I. The third-order valence-corrected chi connectivity index (χ3v) is 5.81. The molecule has 1 amide bonds. The first-order valence-corrected chi connectivity index (χ1v) is 9.67. The lowest BCUT2D eigenvalue weighted by Gasteiger charge is -2.34. The van der Waals surface area contributed by atoms with E-state index >= 15 is 0 Å². The molecular formula is C20H19F3INO. The van der Waals surface area contributed by atoms with Crippen LogP contribution in [-0.4, -0.2) is 11.9 Å². The Hall–Kier alpha value is -1.57. The smallest absolute Gasteiger partial charge is 0.349 e. The second-order valence-electron chi connectivity index (χ2n) is 6.54. The highest BCUT2D eigenvalue weighted by Gasteiger charge is 2.38. The second kappa shape index (κ2) is 7.98. The summed E-state index contributed by atoms with van der Waals surface area (Å²) in [5, 5.41) is 2.99. The molecule has 1 aliphatic rings. The molecule has 0 spiro atoms. The fourth-order valence-electron chi connectivity index (χ4n) is 3.65. The Morgan fingerprint density at radius 3 is 2.38 bits per heavy atom. The van der Waals surface area contributed by atoms with Crippen LogP contribution in [-0.2, 0) is 6.18 Å². The minimum Gasteiger partial charge on any atom is -0.349 e. The molecule has 26 heavy (non-hydrogen) atoms. The number of alkyl halides is 3. The number of nitrogens with one attached hydrogen (secondary N) is 1. The molecule has 0 aromatic heterocycles. The van der Waals surface area contributed by atoms with E-state index in [0.717, 1.165) is 22.5 Å². The number of hydrogen-bond donors (Lipinski definition) is 1. The van der Waals surface area contributed by atoms with E-state index in [1.165, 1.54) is 6.07 Å². The van der Waals surface area contributed by atoms with Gasteiger partial charge < -0.3 is 5.32 Å². The fourth-order valence-corrected chi connectivity index (χ4v) is 4.28. The van der Waals surface area contributed by atoms with E-state index in [2.05, 4.69) is 27.9 Å². The number of carbonyl (C=O) groups is 1. The van der Waals surface area contributed by atoms with Gasteiger partial charge in [-0.3, -0.25) is 4.79 Å². The zero-order valence-corrected chi connectivity index (χ0v) is 16.2. The average Bonchev–Trinajstić information content (AvgIpc) is 2.62. The molecule has 0 saturated heterocycles. The maximum absolute atomic E-state index is 13.4. The summed E-state index contributed by atoms with van der Waals surface area (Å²) >= 11 is 2.09. The van der Waals surface area contributed by atoms with Gasteiger partial charge in [0.2, 0.25) is 0 Å². The summed E-state index contributed by atoms with van der Waals surface area (Å²) in [5.74, 6) is -0.553. The molecule has 1 N–H and O–H groups in total. The number of rotatable bonds is 3. The van der Waals surface area contributed by atoms with Crippen molar-refractivity contribution in [2.45, 2.75) is 43.8 Å². The molecule has 138 valence electrons. The Labute approximate surface area is 164 Å². The number of halogens is 4.